The Morgan fingerprint density at radius 1 is 1.58 bits per heavy atom. The number of aliphatic carboxylic acids is 1. The summed E-state index contributed by atoms with van der Waals surface area (Å²) in [5.74, 6) is -0.353. The molecule has 1 fully saturated rings. The van der Waals surface area contributed by atoms with Crippen molar-refractivity contribution in [3.05, 3.63) is 18.2 Å². The number of imidazole rings is 1. The van der Waals surface area contributed by atoms with Crippen LogP contribution in [0.3, 0.4) is 0 Å². The predicted molar refractivity (Wildman–Crippen MR) is 64.4 cm³/mol. The van der Waals surface area contributed by atoms with Gasteiger partial charge in [-0.15, -0.1) is 0 Å². The van der Waals surface area contributed by atoms with Crippen molar-refractivity contribution in [3.8, 4) is 0 Å². The summed E-state index contributed by atoms with van der Waals surface area (Å²) < 4.78 is 0. The van der Waals surface area contributed by atoms with Gasteiger partial charge in [-0.05, 0) is 0 Å². The van der Waals surface area contributed by atoms with Gasteiger partial charge in [0, 0.05) is 38.3 Å². The van der Waals surface area contributed by atoms with Gasteiger partial charge in [-0.1, -0.05) is 0 Å². The van der Waals surface area contributed by atoms with Crippen LogP contribution in [0.15, 0.2) is 12.4 Å². The lowest BCUT2D eigenvalue weighted by Gasteiger charge is -2.21. The molecular weight excluding hydrogens is 252 g/mol. The molecule has 0 unspecified atom stereocenters. The fraction of sp³-hybridized carbons (Fsp3) is 0.545. The molecule has 0 aromatic carbocycles. The zero-order valence-electron chi connectivity index (χ0n) is 10.2. The number of carbonyl (C=O) groups is 2. The highest BCUT2D eigenvalue weighted by Gasteiger charge is 2.38. The van der Waals surface area contributed by atoms with E-state index in [1.165, 1.54) is 0 Å². The SMILES string of the molecule is O=C(O)[C@@H]1C[C@@H](O)CN1C(=O)NCCc1ncc[nH]1. The number of carboxylic acids is 1. The molecule has 0 spiro atoms. The van der Waals surface area contributed by atoms with Crippen molar-refractivity contribution in [2.24, 2.45) is 0 Å². The molecule has 104 valence electrons. The van der Waals surface area contributed by atoms with Gasteiger partial charge in [0.25, 0.3) is 0 Å². The molecule has 8 nitrogen and oxygen atoms in total. The molecule has 19 heavy (non-hydrogen) atoms. The highest BCUT2D eigenvalue weighted by Crippen LogP contribution is 2.17. The van der Waals surface area contributed by atoms with Crippen molar-refractivity contribution in [2.75, 3.05) is 13.1 Å². The van der Waals surface area contributed by atoms with E-state index in [9.17, 15) is 14.7 Å². The molecule has 2 amide bonds. The minimum absolute atomic E-state index is 0.0452. The van der Waals surface area contributed by atoms with Gasteiger partial charge in [-0.2, -0.15) is 0 Å². The summed E-state index contributed by atoms with van der Waals surface area (Å²) >= 11 is 0. The van der Waals surface area contributed by atoms with Crippen LogP contribution in [-0.4, -0.2) is 62.3 Å². The highest BCUT2D eigenvalue weighted by atomic mass is 16.4. The number of aliphatic hydroxyl groups excluding tert-OH is 1. The fourth-order valence-electron chi connectivity index (χ4n) is 2.10. The number of aliphatic hydroxyl groups is 1. The Morgan fingerprint density at radius 3 is 3.00 bits per heavy atom. The van der Waals surface area contributed by atoms with E-state index < -0.39 is 24.1 Å². The van der Waals surface area contributed by atoms with Gasteiger partial charge in [0.05, 0.1) is 6.10 Å². The van der Waals surface area contributed by atoms with Gasteiger partial charge in [-0.3, -0.25) is 0 Å². The number of urea groups is 1. The summed E-state index contributed by atoms with van der Waals surface area (Å²) in [6.45, 7) is 0.398. The largest absolute Gasteiger partial charge is 0.480 e. The second-order valence-electron chi connectivity index (χ2n) is 4.41. The van der Waals surface area contributed by atoms with Crippen LogP contribution in [0.4, 0.5) is 4.79 Å². The molecule has 2 heterocycles. The van der Waals surface area contributed by atoms with Crippen molar-refractivity contribution >= 4 is 12.0 Å². The van der Waals surface area contributed by atoms with Crippen molar-refractivity contribution in [1.29, 1.82) is 0 Å². The standard InChI is InChI=1S/C11H16N4O4/c16-7-5-8(10(17)18)15(6-7)11(19)14-2-1-9-12-3-4-13-9/h3-4,7-8,16H,1-2,5-6H2,(H,12,13)(H,14,19)(H,17,18)/t7-,8+/m1/s1. The first-order valence-electron chi connectivity index (χ1n) is 6.01. The number of carboxylic acid groups (broad SMARTS) is 1. The molecule has 1 aromatic heterocycles. The number of nitrogens with one attached hydrogen (secondary N) is 2. The monoisotopic (exact) mass is 268 g/mol. The number of hydrogen-bond donors (Lipinski definition) is 4. The van der Waals surface area contributed by atoms with Crippen LogP contribution in [-0.2, 0) is 11.2 Å². The lowest BCUT2D eigenvalue weighted by molar-refractivity contribution is -0.141. The van der Waals surface area contributed by atoms with E-state index in [0.29, 0.717) is 13.0 Å². The maximum absolute atomic E-state index is 11.8. The van der Waals surface area contributed by atoms with Gasteiger partial charge in [-0.25, -0.2) is 14.6 Å². The Morgan fingerprint density at radius 2 is 2.37 bits per heavy atom. The summed E-state index contributed by atoms with van der Waals surface area (Å²) in [6, 6.07) is -1.44. The van der Waals surface area contributed by atoms with Gasteiger partial charge in [0.2, 0.25) is 0 Å². The van der Waals surface area contributed by atoms with Gasteiger partial charge < -0.3 is 25.4 Å². The number of carbonyl (C=O) groups excluding carboxylic acids is 1. The quantitative estimate of drug-likeness (QED) is 0.569. The Balaban J connectivity index is 1.83. The van der Waals surface area contributed by atoms with E-state index in [1.807, 2.05) is 0 Å². The Hall–Kier alpha value is -2.09. The molecule has 0 bridgehead atoms. The van der Waals surface area contributed by atoms with E-state index in [0.717, 1.165) is 10.7 Å². The second-order valence-corrected chi connectivity index (χ2v) is 4.41. The van der Waals surface area contributed by atoms with Crippen LogP contribution in [0, 0.1) is 0 Å². The van der Waals surface area contributed by atoms with E-state index in [1.54, 1.807) is 12.4 Å². The topological polar surface area (TPSA) is 119 Å². The number of H-pyrrole nitrogens is 1. The second kappa shape index (κ2) is 5.70. The molecule has 1 aliphatic rings. The van der Waals surface area contributed by atoms with Crippen molar-refractivity contribution < 1.29 is 19.8 Å². The van der Waals surface area contributed by atoms with Gasteiger partial charge >= 0.3 is 12.0 Å². The molecule has 1 aromatic rings. The third-order valence-corrected chi connectivity index (χ3v) is 3.02. The first kappa shape index (κ1) is 13.3. The summed E-state index contributed by atoms with van der Waals surface area (Å²) in [4.78, 5) is 30.9. The minimum atomic E-state index is -1.10. The smallest absolute Gasteiger partial charge is 0.326 e. The van der Waals surface area contributed by atoms with Gasteiger partial charge in [0.1, 0.15) is 11.9 Å². The maximum atomic E-state index is 11.8. The number of likely N-dealkylation sites (tertiary alicyclic amines) is 1. The first-order chi connectivity index (χ1) is 9.08. The van der Waals surface area contributed by atoms with Crippen molar-refractivity contribution in [3.63, 3.8) is 0 Å². The van der Waals surface area contributed by atoms with E-state index in [4.69, 9.17) is 5.11 Å². The summed E-state index contributed by atoms with van der Waals surface area (Å²) in [7, 11) is 0. The Kier molecular flexibility index (Phi) is 4.00. The highest BCUT2D eigenvalue weighted by molar-refractivity contribution is 5.83. The maximum Gasteiger partial charge on any atom is 0.326 e. The third-order valence-electron chi connectivity index (χ3n) is 3.02. The van der Waals surface area contributed by atoms with Crippen molar-refractivity contribution in [2.45, 2.75) is 25.0 Å². The fourth-order valence-corrected chi connectivity index (χ4v) is 2.10. The van der Waals surface area contributed by atoms with Crippen LogP contribution in [0.2, 0.25) is 0 Å². The van der Waals surface area contributed by atoms with Crippen LogP contribution in [0.5, 0.6) is 0 Å². The number of rotatable bonds is 4. The third kappa shape index (κ3) is 3.22. The molecule has 1 saturated heterocycles. The van der Waals surface area contributed by atoms with Gasteiger partial charge in [0.15, 0.2) is 0 Å². The predicted octanol–water partition coefficient (Wildman–Crippen LogP) is -0.818. The molecule has 2 atom stereocenters. The van der Waals surface area contributed by atoms with Crippen LogP contribution in [0.25, 0.3) is 0 Å². The molecule has 0 radical (unpaired) electrons. The number of nitrogens with zero attached hydrogens (tertiary/aromatic N) is 2. The number of β-amino-alcohol motifs (C(OH)–C–C–N with tert-alkyl or cyclic N) is 1. The van der Waals surface area contributed by atoms with Crippen molar-refractivity contribution in [1.82, 2.24) is 20.2 Å². The average Bonchev–Trinajstić information content (AvgIpc) is 2.98. The van der Waals surface area contributed by atoms with E-state index in [2.05, 4.69) is 15.3 Å². The van der Waals surface area contributed by atoms with E-state index in [-0.39, 0.29) is 13.0 Å². The molecule has 2 rings (SSSR count). The number of aromatic nitrogens is 2. The van der Waals surface area contributed by atoms with E-state index >= 15 is 0 Å². The summed E-state index contributed by atoms with van der Waals surface area (Å²) in [5, 5.41) is 21.0. The molecule has 0 aliphatic carbocycles. The normalized spacial score (nSPS) is 22.5. The molecule has 8 heteroatoms. The van der Waals surface area contributed by atoms with Crippen LogP contribution in [0.1, 0.15) is 12.2 Å². The zero-order chi connectivity index (χ0) is 13.8. The Bertz CT molecular complexity index is 448. The average molecular weight is 268 g/mol. The molecule has 0 saturated carbocycles. The van der Waals surface area contributed by atoms with Crippen LogP contribution < -0.4 is 5.32 Å². The molecular formula is C11H16N4O4. The summed E-state index contributed by atoms with van der Waals surface area (Å²) in [6.07, 6.45) is 3.13. The number of hydrogen-bond acceptors (Lipinski definition) is 4. The Labute approximate surface area is 109 Å². The minimum Gasteiger partial charge on any atom is -0.480 e. The lowest BCUT2D eigenvalue weighted by Crippen LogP contribution is -2.46. The summed E-state index contributed by atoms with van der Waals surface area (Å²) in [5.41, 5.74) is 0. The number of aromatic amines is 1. The van der Waals surface area contributed by atoms with Crippen LogP contribution >= 0.6 is 0 Å². The zero-order valence-corrected chi connectivity index (χ0v) is 10.2. The number of amides is 2. The lowest BCUT2D eigenvalue weighted by atomic mass is 10.2. The molecule has 4 N–H and O–H groups in total. The molecule has 1 aliphatic heterocycles. The first-order valence-corrected chi connectivity index (χ1v) is 6.01.